The fourth-order valence-electron chi connectivity index (χ4n) is 1.45. The summed E-state index contributed by atoms with van der Waals surface area (Å²) in [5.74, 6) is -0.601. The molecule has 21 heavy (non-hydrogen) atoms. The zero-order valence-electron chi connectivity index (χ0n) is 11.1. The first-order valence-electron chi connectivity index (χ1n) is 6.04. The van der Waals surface area contributed by atoms with Gasteiger partial charge in [0.2, 0.25) is 10.0 Å². The molecule has 0 saturated heterocycles. The predicted molar refractivity (Wildman–Crippen MR) is 72.5 cm³/mol. The second-order valence-corrected chi connectivity index (χ2v) is 5.76. The number of phenols is 1. The molecule has 10 heteroatoms. The number of aromatic hydroxyl groups is 1. The van der Waals surface area contributed by atoms with Crippen LogP contribution in [0, 0.1) is 10.1 Å². The minimum atomic E-state index is -3.90. The number of benzene rings is 1. The smallest absolute Gasteiger partial charge is 0.312 e. The number of sulfonamides is 1. The average molecular weight is 320 g/mol. The van der Waals surface area contributed by atoms with Crippen LogP contribution in [0.2, 0.25) is 0 Å². The van der Waals surface area contributed by atoms with Crippen LogP contribution in [-0.4, -0.2) is 49.9 Å². The number of aliphatic hydroxyl groups is 1. The van der Waals surface area contributed by atoms with E-state index >= 15 is 0 Å². The number of hydrogen-bond acceptors (Lipinski definition) is 7. The minimum absolute atomic E-state index is 0.0857. The van der Waals surface area contributed by atoms with Crippen LogP contribution < -0.4 is 4.72 Å². The van der Waals surface area contributed by atoms with E-state index in [4.69, 9.17) is 9.84 Å². The molecule has 0 aliphatic rings. The Morgan fingerprint density at radius 2 is 2.05 bits per heavy atom. The summed E-state index contributed by atoms with van der Waals surface area (Å²) < 4.78 is 31.0. The van der Waals surface area contributed by atoms with Crippen molar-refractivity contribution < 1.29 is 28.3 Å². The lowest BCUT2D eigenvalue weighted by molar-refractivity contribution is -0.386. The van der Waals surface area contributed by atoms with Gasteiger partial charge in [0.15, 0.2) is 5.75 Å². The summed E-state index contributed by atoms with van der Waals surface area (Å²) in [6, 6.07) is 2.82. The van der Waals surface area contributed by atoms with Crippen LogP contribution in [0.4, 0.5) is 5.69 Å². The van der Waals surface area contributed by atoms with Crippen molar-refractivity contribution in [3.05, 3.63) is 28.3 Å². The Hall–Kier alpha value is -1.75. The second kappa shape index (κ2) is 7.88. The van der Waals surface area contributed by atoms with Gasteiger partial charge in [0, 0.05) is 19.2 Å². The number of nitro benzene ring substituents is 1. The van der Waals surface area contributed by atoms with E-state index in [1.54, 1.807) is 0 Å². The van der Waals surface area contributed by atoms with Crippen LogP contribution >= 0.6 is 0 Å². The van der Waals surface area contributed by atoms with E-state index in [0.29, 0.717) is 6.42 Å². The number of nitrogens with one attached hydrogen (secondary N) is 1. The molecule has 0 aliphatic carbocycles. The fourth-order valence-corrected chi connectivity index (χ4v) is 2.54. The molecule has 0 aliphatic heterocycles. The average Bonchev–Trinajstić information content (AvgIpc) is 2.42. The normalized spacial score (nSPS) is 11.5. The van der Waals surface area contributed by atoms with Crippen molar-refractivity contribution in [1.82, 2.24) is 4.72 Å². The molecule has 0 spiro atoms. The molecule has 0 saturated carbocycles. The molecule has 0 bridgehead atoms. The molecule has 9 nitrogen and oxygen atoms in total. The zero-order chi connectivity index (χ0) is 15.9. The first-order chi connectivity index (χ1) is 9.88. The van der Waals surface area contributed by atoms with Crippen LogP contribution in [-0.2, 0) is 14.8 Å². The summed E-state index contributed by atoms with van der Waals surface area (Å²) in [6.45, 7) is 0.432. The molecule has 1 rings (SSSR count). The molecule has 1 aromatic rings. The molecule has 0 amide bonds. The molecule has 0 atom stereocenters. The highest BCUT2D eigenvalue weighted by Crippen LogP contribution is 2.27. The van der Waals surface area contributed by atoms with Crippen LogP contribution in [0.3, 0.4) is 0 Å². The standard InChI is InChI=1S/C11H16N2O7S/c14-5-7-20-6-1-4-12-21(18,19)9-2-3-11(15)10(8-9)13(16)17/h2-3,8,12,14-15H,1,4-7H2. The summed E-state index contributed by atoms with van der Waals surface area (Å²) >= 11 is 0. The monoisotopic (exact) mass is 320 g/mol. The van der Waals surface area contributed by atoms with Crippen molar-refractivity contribution >= 4 is 15.7 Å². The van der Waals surface area contributed by atoms with Crippen molar-refractivity contribution in [2.75, 3.05) is 26.4 Å². The molecule has 0 aromatic heterocycles. The van der Waals surface area contributed by atoms with E-state index in [2.05, 4.69) is 4.72 Å². The van der Waals surface area contributed by atoms with E-state index < -0.39 is 26.4 Å². The highest BCUT2D eigenvalue weighted by molar-refractivity contribution is 7.89. The van der Waals surface area contributed by atoms with Gasteiger partial charge >= 0.3 is 5.69 Å². The Morgan fingerprint density at radius 3 is 2.67 bits per heavy atom. The first kappa shape index (κ1) is 17.3. The van der Waals surface area contributed by atoms with E-state index in [0.717, 1.165) is 18.2 Å². The summed E-state index contributed by atoms with van der Waals surface area (Å²) in [6.07, 6.45) is 0.388. The van der Waals surface area contributed by atoms with Gasteiger partial charge in [-0.25, -0.2) is 13.1 Å². The lowest BCUT2D eigenvalue weighted by Crippen LogP contribution is -2.25. The molecule has 0 heterocycles. The SMILES string of the molecule is O=[N+]([O-])c1cc(S(=O)(=O)NCCCOCCO)ccc1O. The molecule has 0 unspecified atom stereocenters. The maximum Gasteiger partial charge on any atom is 0.312 e. The second-order valence-electron chi connectivity index (χ2n) is 3.99. The first-order valence-corrected chi connectivity index (χ1v) is 7.52. The van der Waals surface area contributed by atoms with Gasteiger partial charge in [-0.3, -0.25) is 10.1 Å². The third-order valence-electron chi connectivity index (χ3n) is 2.45. The number of hydrogen-bond donors (Lipinski definition) is 3. The van der Waals surface area contributed by atoms with Gasteiger partial charge < -0.3 is 14.9 Å². The van der Waals surface area contributed by atoms with E-state index in [1.165, 1.54) is 0 Å². The van der Waals surface area contributed by atoms with Crippen LogP contribution in [0.25, 0.3) is 0 Å². The maximum atomic E-state index is 11.9. The number of nitro groups is 1. The van der Waals surface area contributed by atoms with Crippen LogP contribution in [0.1, 0.15) is 6.42 Å². The third-order valence-corrected chi connectivity index (χ3v) is 3.91. The molecular weight excluding hydrogens is 304 g/mol. The van der Waals surface area contributed by atoms with Gasteiger partial charge in [0.25, 0.3) is 0 Å². The lowest BCUT2D eigenvalue weighted by atomic mass is 10.3. The Balaban J connectivity index is 2.66. The minimum Gasteiger partial charge on any atom is -0.502 e. The van der Waals surface area contributed by atoms with Gasteiger partial charge in [0.05, 0.1) is 23.0 Å². The van der Waals surface area contributed by atoms with Crippen molar-refractivity contribution in [2.24, 2.45) is 0 Å². The Kier molecular flexibility index (Phi) is 6.49. The number of aliphatic hydroxyl groups excluding tert-OH is 1. The zero-order valence-corrected chi connectivity index (χ0v) is 11.9. The predicted octanol–water partition coefficient (Wildman–Crippen LogP) is -0.0223. The van der Waals surface area contributed by atoms with E-state index in [1.807, 2.05) is 0 Å². The summed E-state index contributed by atoms with van der Waals surface area (Å²) in [4.78, 5) is 9.49. The molecule has 0 radical (unpaired) electrons. The number of ether oxygens (including phenoxy) is 1. The Morgan fingerprint density at radius 1 is 1.33 bits per heavy atom. The topological polar surface area (TPSA) is 139 Å². The number of phenolic OH excluding ortho intramolecular Hbond substituents is 1. The third kappa shape index (κ3) is 5.27. The Bertz CT molecular complexity index is 588. The quantitative estimate of drug-likeness (QED) is 0.330. The van der Waals surface area contributed by atoms with Gasteiger partial charge in [-0.1, -0.05) is 0 Å². The fraction of sp³-hybridized carbons (Fsp3) is 0.455. The van der Waals surface area contributed by atoms with Crippen molar-refractivity contribution in [2.45, 2.75) is 11.3 Å². The number of nitrogens with zero attached hydrogens (tertiary/aromatic N) is 1. The molecule has 118 valence electrons. The van der Waals surface area contributed by atoms with Gasteiger partial charge in [-0.15, -0.1) is 0 Å². The lowest BCUT2D eigenvalue weighted by Gasteiger charge is -2.07. The summed E-state index contributed by atoms with van der Waals surface area (Å²) in [5.41, 5.74) is -0.677. The summed E-state index contributed by atoms with van der Waals surface area (Å²) in [5, 5.41) is 28.4. The van der Waals surface area contributed by atoms with E-state index in [-0.39, 0.29) is 31.3 Å². The highest BCUT2D eigenvalue weighted by atomic mass is 32.2. The molecule has 1 aromatic carbocycles. The van der Waals surface area contributed by atoms with Gasteiger partial charge in [-0.2, -0.15) is 0 Å². The molecule has 3 N–H and O–H groups in total. The van der Waals surface area contributed by atoms with E-state index in [9.17, 15) is 23.6 Å². The summed E-state index contributed by atoms with van der Waals surface area (Å²) in [7, 11) is -3.90. The maximum absolute atomic E-state index is 11.9. The number of rotatable bonds is 9. The molecular formula is C11H16N2O7S. The van der Waals surface area contributed by atoms with Gasteiger partial charge in [0.1, 0.15) is 0 Å². The van der Waals surface area contributed by atoms with Gasteiger partial charge in [-0.05, 0) is 18.6 Å². The van der Waals surface area contributed by atoms with Crippen molar-refractivity contribution in [3.63, 3.8) is 0 Å². The molecule has 0 fully saturated rings. The van der Waals surface area contributed by atoms with Crippen molar-refractivity contribution in [3.8, 4) is 5.75 Å². The van der Waals surface area contributed by atoms with Crippen molar-refractivity contribution in [1.29, 1.82) is 0 Å². The van der Waals surface area contributed by atoms with Crippen LogP contribution in [0.5, 0.6) is 5.75 Å². The Labute approximate surface area is 121 Å². The highest BCUT2D eigenvalue weighted by Gasteiger charge is 2.20. The largest absolute Gasteiger partial charge is 0.502 e. The van der Waals surface area contributed by atoms with Crippen LogP contribution in [0.15, 0.2) is 23.1 Å².